The van der Waals surface area contributed by atoms with E-state index in [-0.39, 0.29) is 36.5 Å². The summed E-state index contributed by atoms with van der Waals surface area (Å²) in [5, 5.41) is 0. The number of Topliss-reactive ketones (excluding diaryl/α,β-unsaturated/α-hetero) is 1. The van der Waals surface area contributed by atoms with Gasteiger partial charge in [0.15, 0.2) is 0 Å². The molecule has 0 aliphatic heterocycles. The Balaban J connectivity index is 4.72. The van der Waals surface area contributed by atoms with E-state index in [0.717, 1.165) is 31.0 Å². The van der Waals surface area contributed by atoms with Gasteiger partial charge >= 0.3 is 17.9 Å². The Morgan fingerprint density at radius 1 is 0.571 bits per heavy atom. The number of ether oxygens (including phenoxy) is 3. The minimum absolute atomic E-state index is 0.204. The van der Waals surface area contributed by atoms with Crippen LogP contribution in [0.25, 0.3) is 0 Å². The van der Waals surface area contributed by atoms with Crippen molar-refractivity contribution in [1.82, 2.24) is 9.80 Å². The predicted molar refractivity (Wildman–Crippen MR) is 138 cm³/mol. The van der Waals surface area contributed by atoms with Crippen molar-refractivity contribution >= 4 is 35.5 Å². The lowest BCUT2D eigenvalue weighted by molar-refractivity contribution is -0.144. The van der Waals surface area contributed by atoms with Gasteiger partial charge in [0.1, 0.15) is 5.78 Å². The molecule has 0 aliphatic rings. The van der Waals surface area contributed by atoms with Crippen LogP contribution in [0.2, 0.25) is 0 Å². The van der Waals surface area contributed by atoms with Crippen LogP contribution in [0.5, 0.6) is 0 Å². The van der Waals surface area contributed by atoms with Crippen molar-refractivity contribution in [2.75, 3.05) is 70.6 Å². The second kappa shape index (κ2) is 22.8. The number of ketones is 1. The van der Waals surface area contributed by atoms with Crippen LogP contribution >= 0.6 is 11.8 Å². The van der Waals surface area contributed by atoms with Gasteiger partial charge in [0, 0.05) is 50.5 Å². The van der Waals surface area contributed by atoms with Crippen molar-refractivity contribution in [3.8, 4) is 0 Å². The van der Waals surface area contributed by atoms with E-state index in [0.29, 0.717) is 65.3 Å². The van der Waals surface area contributed by atoms with E-state index < -0.39 is 0 Å². The minimum Gasteiger partial charge on any atom is -0.466 e. The zero-order chi connectivity index (χ0) is 26.3. The summed E-state index contributed by atoms with van der Waals surface area (Å²) in [4.78, 5) is 51.2. The fourth-order valence-electron chi connectivity index (χ4n) is 3.29. The predicted octanol–water partition coefficient (Wildman–Crippen LogP) is 2.94. The van der Waals surface area contributed by atoms with E-state index >= 15 is 0 Å². The SMILES string of the molecule is CCOC(=O)CCN(CCCN(CCC(=O)OCC)CCC(=O)OCC)CCSCCC(=O)CC. The van der Waals surface area contributed by atoms with Gasteiger partial charge in [-0.05, 0) is 40.3 Å². The smallest absolute Gasteiger partial charge is 0.307 e. The van der Waals surface area contributed by atoms with E-state index in [9.17, 15) is 19.2 Å². The summed E-state index contributed by atoms with van der Waals surface area (Å²) in [6, 6.07) is 0. The topological polar surface area (TPSA) is 102 Å². The highest BCUT2D eigenvalue weighted by Crippen LogP contribution is 2.07. The molecular formula is C25H46N2O7S. The first-order chi connectivity index (χ1) is 16.9. The van der Waals surface area contributed by atoms with Crippen LogP contribution in [-0.4, -0.2) is 104 Å². The van der Waals surface area contributed by atoms with Gasteiger partial charge < -0.3 is 24.0 Å². The Morgan fingerprint density at radius 3 is 1.40 bits per heavy atom. The molecule has 0 bridgehead atoms. The van der Waals surface area contributed by atoms with E-state index in [4.69, 9.17) is 14.2 Å². The first kappa shape index (κ1) is 33.4. The minimum atomic E-state index is -0.247. The van der Waals surface area contributed by atoms with Gasteiger partial charge in [-0.25, -0.2) is 0 Å². The lowest BCUT2D eigenvalue weighted by Gasteiger charge is -2.25. The second-order valence-corrected chi connectivity index (χ2v) is 9.18. The number of carbonyl (C=O) groups excluding carboxylic acids is 4. The summed E-state index contributed by atoms with van der Waals surface area (Å²) in [6.07, 6.45) is 2.89. The highest BCUT2D eigenvalue weighted by molar-refractivity contribution is 7.99. The largest absolute Gasteiger partial charge is 0.466 e. The third kappa shape index (κ3) is 20.3. The number of carbonyl (C=O) groups is 4. The van der Waals surface area contributed by atoms with Crippen molar-refractivity contribution in [2.24, 2.45) is 0 Å². The monoisotopic (exact) mass is 518 g/mol. The standard InChI is InChI=1S/C25H46N2O7S/c1-5-22(28)13-20-35-21-19-27(18-12-25(31)34-8-4)15-9-14-26(16-10-23(29)32-6-2)17-11-24(30)33-7-3/h5-21H2,1-4H3. The van der Waals surface area contributed by atoms with Crippen molar-refractivity contribution in [3.63, 3.8) is 0 Å². The average Bonchev–Trinajstić information content (AvgIpc) is 2.83. The third-order valence-electron chi connectivity index (χ3n) is 5.23. The van der Waals surface area contributed by atoms with Crippen molar-refractivity contribution in [3.05, 3.63) is 0 Å². The van der Waals surface area contributed by atoms with Crippen LogP contribution in [0.4, 0.5) is 0 Å². The lowest BCUT2D eigenvalue weighted by atomic mass is 10.2. The molecule has 0 saturated carbocycles. The molecule has 0 spiro atoms. The van der Waals surface area contributed by atoms with E-state index in [2.05, 4.69) is 9.80 Å². The van der Waals surface area contributed by atoms with Gasteiger partial charge in [-0.1, -0.05) is 6.92 Å². The molecule has 204 valence electrons. The van der Waals surface area contributed by atoms with Crippen LogP contribution in [0.15, 0.2) is 0 Å². The molecule has 35 heavy (non-hydrogen) atoms. The highest BCUT2D eigenvalue weighted by Gasteiger charge is 2.14. The molecule has 0 atom stereocenters. The van der Waals surface area contributed by atoms with Gasteiger partial charge in [0.25, 0.3) is 0 Å². The molecule has 0 radical (unpaired) electrons. The molecule has 0 aromatic heterocycles. The summed E-state index contributed by atoms with van der Waals surface area (Å²) in [6.45, 7) is 12.3. The molecule has 0 aromatic rings. The van der Waals surface area contributed by atoms with E-state index in [1.54, 1.807) is 32.5 Å². The van der Waals surface area contributed by atoms with Crippen LogP contribution in [0.1, 0.15) is 66.2 Å². The van der Waals surface area contributed by atoms with Crippen LogP contribution in [0.3, 0.4) is 0 Å². The second-order valence-electron chi connectivity index (χ2n) is 7.96. The fraction of sp³-hybridized carbons (Fsp3) is 0.840. The van der Waals surface area contributed by atoms with Crippen molar-refractivity contribution in [1.29, 1.82) is 0 Å². The zero-order valence-electron chi connectivity index (χ0n) is 22.2. The Labute approximate surface area is 215 Å². The Hall–Kier alpha value is -1.65. The first-order valence-electron chi connectivity index (χ1n) is 12.9. The molecule has 10 heteroatoms. The number of rotatable bonds is 23. The molecule has 9 nitrogen and oxygen atoms in total. The number of hydrogen-bond acceptors (Lipinski definition) is 10. The fourth-order valence-corrected chi connectivity index (χ4v) is 4.26. The van der Waals surface area contributed by atoms with Crippen molar-refractivity contribution < 1.29 is 33.4 Å². The summed E-state index contributed by atoms with van der Waals surface area (Å²) in [5.74, 6) is 1.28. The average molecular weight is 519 g/mol. The first-order valence-corrected chi connectivity index (χ1v) is 14.0. The molecule has 0 aliphatic carbocycles. The maximum atomic E-state index is 11.8. The lowest BCUT2D eigenvalue weighted by Crippen LogP contribution is -2.35. The molecule has 0 heterocycles. The zero-order valence-corrected chi connectivity index (χ0v) is 23.0. The molecule has 0 aromatic carbocycles. The molecule has 0 fully saturated rings. The van der Waals surface area contributed by atoms with Gasteiger partial charge in [-0.3, -0.25) is 19.2 Å². The summed E-state index contributed by atoms with van der Waals surface area (Å²) in [5.41, 5.74) is 0. The molecule has 0 unspecified atom stereocenters. The van der Waals surface area contributed by atoms with E-state index in [1.807, 2.05) is 6.92 Å². The molecule has 0 saturated heterocycles. The third-order valence-corrected chi connectivity index (χ3v) is 6.20. The Morgan fingerprint density at radius 2 is 1.00 bits per heavy atom. The number of esters is 3. The molecule has 0 rings (SSSR count). The van der Waals surface area contributed by atoms with Gasteiger partial charge in [-0.15, -0.1) is 0 Å². The van der Waals surface area contributed by atoms with Crippen molar-refractivity contribution in [2.45, 2.75) is 66.2 Å². The van der Waals surface area contributed by atoms with Crippen LogP contribution in [-0.2, 0) is 33.4 Å². The Bertz CT molecular complexity index is 582. The molecular weight excluding hydrogens is 472 g/mol. The summed E-state index contributed by atoms with van der Waals surface area (Å²) < 4.78 is 15.1. The van der Waals surface area contributed by atoms with Gasteiger partial charge in [-0.2, -0.15) is 11.8 Å². The quantitative estimate of drug-likeness (QED) is 0.114. The van der Waals surface area contributed by atoms with Gasteiger partial charge in [0.05, 0.1) is 39.1 Å². The molecule has 0 amide bonds. The van der Waals surface area contributed by atoms with Crippen LogP contribution < -0.4 is 0 Å². The number of nitrogens with zero attached hydrogens (tertiary/aromatic N) is 2. The summed E-state index contributed by atoms with van der Waals surface area (Å²) in [7, 11) is 0. The normalized spacial score (nSPS) is 11.0. The van der Waals surface area contributed by atoms with Gasteiger partial charge in [0.2, 0.25) is 0 Å². The Kier molecular flexibility index (Phi) is 21.7. The number of hydrogen-bond donors (Lipinski definition) is 0. The van der Waals surface area contributed by atoms with E-state index in [1.165, 1.54) is 0 Å². The maximum Gasteiger partial charge on any atom is 0.307 e. The molecule has 0 N–H and O–H groups in total. The summed E-state index contributed by atoms with van der Waals surface area (Å²) >= 11 is 1.75. The number of thioether (sulfide) groups is 1. The maximum absolute atomic E-state index is 11.8. The highest BCUT2D eigenvalue weighted by atomic mass is 32.2. The van der Waals surface area contributed by atoms with Crippen LogP contribution in [0, 0.1) is 0 Å².